The molecule has 124 valence electrons. The van der Waals surface area contributed by atoms with Crippen LogP contribution in [-0.4, -0.2) is 17.6 Å². The molecular weight excluding hydrogens is 319 g/mol. The van der Waals surface area contributed by atoms with Gasteiger partial charge in [-0.2, -0.15) is 0 Å². The monoisotopic (exact) mass is 333 g/mol. The van der Waals surface area contributed by atoms with E-state index in [4.69, 9.17) is 0 Å². The second kappa shape index (κ2) is 6.66. The van der Waals surface area contributed by atoms with Crippen LogP contribution in [0.1, 0.15) is 5.56 Å². The smallest absolute Gasteiger partial charge is 0.319 e. The largest absolute Gasteiger partial charge is 0.361 e. The average Bonchev–Trinajstić information content (AvgIpc) is 3.02. The highest BCUT2D eigenvalue weighted by Gasteiger charge is 2.13. The molecule has 24 heavy (non-hydrogen) atoms. The Labute approximate surface area is 135 Å². The van der Waals surface area contributed by atoms with Crippen LogP contribution in [0.15, 0.2) is 42.6 Å². The molecule has 0 radical (unpaired) electrons. The van der Waals surface area contributed by atoms with Crippen molar-refractivity contribution in [1.29, 1.82) is 0 Å². The fourth-order valence-corrected chi connectivity index (χ4v) is 2.38. The van der Waals surface area contributed by atoms with Gasteiger partial charge < -0.3 is 15.6 Å². The Bertz CT molecular complexity index is 892. The molecule has 4 nitrogen and oxygen atoms in total. The number of H-pyrrole nitrogens is 1. The van der Waals surface area contributed by atoms with Gasteiger partial charge in [0.2, 0.25) is 0 Å². The molecule has 2 aromatic carbocycles. The van der Waals surface area contributed by atoms with Crippen molar-refractivity contribution in [2.24, 2.45) is 0 Å². The number of carbonyl (C=O) groups is 1. The topological polar surface area (TPSA) is 56.9 Å². The molecule has 0 spiro atoms. The minimum Gasteiger partial charge on any atom is -0.361 e. The SMILES string of the molecule is O=C(NCCc1ccc(F)c(F)c1F)Nc1ccc2[nH]ccc2c1. The van der Waals surface area contributed by atoms with Crippen molar-refractivity contribution in [1.82, 2.24) is 10.3 Å². The lowest BCUT2D eigenvalue weighted by Crippen LogP contribution is -2.30. The van der Waals surface area contributed by atoms with Crippen molar-refractivity contribution in [3.05, 3.63) is 65.6 Å². The van der Waals surface area contributed by atoms with Gasteiger partial charge >= 0.3 is 6.03 Å². The van der Waals surface area contributed by atoms with E-state index in [2.05, 4.69) is 15.6 Å². The zero-order chi connectivity index (χ0) is 17.1. The third kappa shape index (κ3) is 3.34. The number of amides is 2. The van der Waals surface area contributed by atoms with Gasteiger partial charge in [0.15, 0.2) is 17.5 Å². The second-order valence-electron chi connectivity index (χ2n) is 5.25. The molecule has 3 N–H and O–H groups in total. The Morgan fingerprint density at radius 2 is 1.88 bits per heavy atom. The van der Waals surface area contributed by atoms with Gasteiger partial charge in [-0.25, -0.2) is 18.0 Å². The van der Waals surface area contributed by atoms with Gasteiger partial charge in [-0.15, -0.1) is 0 Å². The summed E-state index contributed by atoms with van der Waals surface area (Å²) in [6.45, 7) is 0.0836. The summed E-state index contributed by atoms with van der Waals surface area (Å²) in [4.78, 5) is 14.9. The lowest BCUT2D eigenvalue weighted by molar-refractivity contribution is 0.252. The molecule has 0 aliphatic heterocycles. The highest BCUT2D eigenvalue weighted by atomic mass is 19.2. The van der Waals surface area contributed by atoms with E-state index < -0.39 is 23.5 Å². The van der Waals surface area contributed by atoms with Crippen LogP contribution in [0, 0.1) is 17.5 Å². The Morgan fingerprint density at radius 1 is 1.04 bits per heavy atom. The molecule has 0 fully saturated rings. The van der Waals surface area contributed by atoms with Crippen molar-refractivity contribution in [3.63, 3.8) is 0 Å². The molecule has 0 atom stereocenters. The summed E-state index contributed by atoms with van der Waals surface area (Å²) in [6, 6.07) is 8.82. The first-order valence-electron chi connectivity index (χ1n) is 7.29. The zero-order valence-electron chi connectivity index (χ0n) is 12.5. The number of hydrogen-bond donors (Lipinski definition) is 3. The summed E-state index contributed by atoms with van der Waals surface area (Å²) in [5.41, 5.74) is 1.57. The predicted molar refractivity (Wildman–Crippen MR) is 85.3 cm³/mol. The molecule has 0 saturated carbocycles. The maximum Gasteiger partial charge on any atom is 0.319 e. The summed E-state index contributed by atoms with van der Waals surface area (Å²) in [5, 5.41) is 6.15. The van der Waals surface area contributed by atoms with Gasteiger partial charge in [0.1, 0.15) is 0 Å². The Balaban J connectivity index is 1.55. The maximum absolute atomic E-state index is 13.5. The molecule has 3 aromatic rings. The lowest BCUT2D eigenvalue weighted by Gasteiger charge is -2.09. The number of rotatable bonds is 4. The first kappa shape index (κ1) is 15.9. The Morgan fingerprint density at radius 3 is 2.71 bits per heavy atom. The quantitative estimate of drug-likeness (QED) is 0.622. The summed E-state index contributed by atoms with van der Waals surface area (Å²) >= 11 is 0. The van der Waals surface area contributed by atoms with Crippen LogP contribution < -0.4 is 10.6 Å². The maximum atomic E-state index is 13.5. The average molecular weight is 333 g/mol. The first-order valence-corrected chi connectivity index (χ1v) is 7.29. The fraction of sp³-hybridized carbons (Fsp3) is 0.118. The number of carbonyl (C=O) groups excluding carboxylic acids is 1. The van der Waals surface area contributed by atoms with Crippen LogP contribution >= 0.6 is 0 Å². The molecule has 0 saturated heterocycles. The lowest BCUT2D eigenvalue weighted by atomic mass is 10.1. The van der Waals surface area contributed by atoms with Crippen LogP contribution in [0.4, 0.5) is 23.7 Å². The molecule has 7 heteroatoms. The number of anilines is 1. The van der Waals surface area contributed by atoms with E-state index in [0.717, 1.165) is 23.0 Å². The number of aromatic amines is 1. The van der Waals surface area contributed by atoms with E-state index in [1.807, 2.05) is 12.1 Å². The van der Waals surface area contributed by atoms with E-state index in [1.165, 1.54) is 0 Å². The standard InChI is InChI=1S/C17H14F3N3O/c18-13-3-1-10(15(19)16(13)20)5-8-22-17(24)23-12-2-4-14-11(9-12)6-7-21-14/h1-4,6-7,9,21H,5,8H2,(H2,22,23,24). The first-order chi connectivity index (χ1) is 11.5. The second-order valence-corrected chi connectivity index (χ2v) is 5.25. The summed E-state index contributed by atoms with van der Waals surface area (Å²) in [5.74, 6) is -3.96. The molecule has 1 aromatic heterocycles. The molecule has 0 bridgehead atoms. The molecule has 0 aliphatic rings. The molecule has 0 aliphatic carbocycles. The zero-order valence-corrected chi connectivity index (χ0v) is 12.5. The van der Waals surface area contributed by atoms with E-state index in [-0.39, 0.29) is 18.5 Å². The van der Waals surface area contributed by atoms with Gasteiger partial charge in [0, 0.05) is 29.3 Å². The third-order valence-electron chi connectivity index (χ3n) is 3.61. The summed E-state index contributed by atoms with van der Waals surface area (Å²) < 4.78 is 39.5. The number of fused-ring (bicyclic) bond motifs is 1. The van der Waals surface area contributed by atoms with Crippen LogP contribution in [0.2, 0.25) is 0 Å². The number of benzene rings is 2. The number of hydrogen-bond acceptors (Lipinski definition) is 1. The van der Waals surface area contributed by atoms with Crippen LogP contribution in [-0.2, 0) is 6.42 Å². The van der Waals surface area contributed by atoms with Crippen molar-refractivity contribution >= 4 is 22.6 Å². The molecule has 1 heterocycles. The van der Waals surface area contributed by atoms with Gasteiger partial charge in [0.25, 0.3) is 0 Å². The highest BCUT2D eigenvalue weighted by molar-refractivity contribution is 5.92. The molecule has 2 amide bonds. The van der Waals surface area contributed by atoms with Crippen molar-refractivity contribution in [2.75, 3.05) is 11.9 Å². The predicted octanol–water partition coefficient (Wildman–Crippen LogP) is 3.95. The van der Waals surface area contributed by atoms with Gasteiger partial charge in [0.05, 0.1) is 0 Å². The summed E-state index contributed by atoms with van der Waals surface area (Å²) in [7, 11) is 0. The fourth-order valence-electron chi connectivity index (χ4n) is 2.38. The number of urea groups is 1. The Hall–Kier alpha value is -2.96. The van der Waals surface area contributed by atoms with Gasteiger partial charge in [-0.3, -0.25) is 0 Å². The molecule has 3 rings (SSSR count). The van der Waals surface area contributed by atoms with E-state index >= 15 is 0 Å². The van der Waals surface area contributed by atoms with Crippen LogP contribution in [0.5, 0.6) is 0 Å². The number of nitrogens with one attached hydrogen (secondary N) is 3. The van der Waals surface area contributed by atoms with Crippen LogP contribution in [0.25, 0.3) is 10.9 Å². The van der Waals surface area contributed by atoms with E-state index in [0.29, 0.717) is 5.69 Å². The van der Waals surface area contributed by atoms with Gasteiger partial charge in [-0.1, -0.05) is 6.07 Å². The van der Waals surface area contributed by atoms with E-state index in [1.54, 1.807) is 18.3 Å². The number of halogens is 3. The summed E-state index contributed by atoms with van der Waals surface area (Å²) in [6.07, 6.45) is 1.85. The van der Waals surface area contributed by atoms with Crippen molar-refractivity contribution < 1.29 is 18.0 Å². The normalized spacial score (nSPS) is 10.8. The third-order valence-corrected chi connectivity index (χ3v) is 3.61. The molecule has 0 unspecified atom stereocenters. The Kier molecular flexibility index (Phi) is 4.41. The molecular formula is C17H14F3N3O. The van der Waals surface area contributed by atoms with Crippen molar-refractivity contribution in [2.45, 2.75) is 6.42 Å². The highest BCUT2D eigenvalue weighted by Crippen LogP contribution is 2.18. The van der Waals surface area contributed by atoms with Gasteiger partial charge in [-0.05, 0) is 42.3 Å². The van der Waals surface area contributed by atoms with E-state index in [9.17, 15) is 18.0 Å². The van der Waals surface area contributed by atoms with Crippen molar-refractivity contribution in [3.8, 4) is 0 Å². The van der Waals surface area contributed by atoms with Crippen LogP contribution in [0.3, 0.4) is 0 Å². The minimum absolute atomic E-state index is 0.00272. The number of aromatic nitrogens is 1. The minimum atomic E-state index is -1.50.